The number of halogens is 1. The zero-order valence-electron chi connectivity index (χ0n) is 10.5. The highest BCUT2D eigenvalue weighted by Gasteiger charge is 2.09. The first-order chi connectivity index (χ1) is 9.19. The van der Waals surface area contributed by atoms with Gasteiger partial charge < -0.3 is 9.84 Å². The van der Waals surface area contributed by atoms with Crippen molar-refractivity contribution >= 4 is 5.91 Å². The van der Waals surface area contributed by atoms with Gasteiger partial charge in [-0.05, 0) is 30.7 Å². The van der Waals surface area contributed by atoms with Gasteiger partial charge in [0.15, 0.2) is 5.82 Å². The van der Waals surface area contributed by atoms with Crippen molar-refractivity contribution in [2.24, 2.45) is 0 Å². The summed E-state index contributed by atoms with van der Waals surface area (Å²) < 4.78 is 17.7. The first-order valence-corrected chi connectivity index (χ1v) is 6.04. The Hall–Kier alpha value is -2.24. The van der Waals surface area contributed by atoms with Crippen LogP contribution in [0.15, 0.2) is 28.8 Å². The Kier molecular flexibility index (Phi) is 4.22. The molecule has 0 aliphatic rings. The first-order valence-electron chi connectivity index (χ1n) is 6.04. The second kappa shape index (κ2) is 6.08. The molecule has 1 aromatic heterocycles. The molecule has 0 aliphatic heterocycles. The average molecular weight is 263 g/mol. The van der Waals surface area contributed by atoms with Crippen LogP contribution in [0.25, 0.3) is 0 Å². The molecular weight excluding hydrogens is 249 g/mol. The number of hydrogen-bond acceptors (Lipinski definition) is 4. The number of benzene rings is 1. The highest BCUT2D eigenvalue weighted by Crippen LogP contribution is 2.04. The van der Waals surface area contributed by atoms with Gasteiger partial charge in [0.2, 0.25) is 5.89 Å². The van der Waals surface area contributed by atoms with Gasteiger partial charge >= 0.3 is 0 Å². The highest BCUT2D eigenvalue weighted by molar-refractivity contribution is 5.93. The van der Waals surface area contributed by atoms with Gasteiger partial charge in [0.05, 0.1) is 6.54 Å². The third-order valence-corrected chi connectivity index (χ3v) is 2.49. The normalized spacial score (nSPS) is 10.4. The fourth-order valence-corrected chi connectivity index (χ4v) is 1.54. The number of amides is 1. The van der Waals surface area contributed by atoms with Crippen LogP contribution >= 0.6 is 0 Å². The summed E-state index contributed by atoms with van der Waals surface area (Å²) in [6.45, 7) is 2.20. The summed E-state index contributed by atoms with van der Waals surface area (Å²) in [5.41, 5.74) is 0.388. The third kappa shape index (κ3) is 3.61. The molecule has 0 aliphatic carbocycles. The van der Waals surface area contributed by atoms with Crippen molar-refractivity contribution in [3.05, 3.63) is 47.4 Å². The lowest BCUT2D eigenvalue weighted by atomic mass is 10.2. The van der Waals surface area contributed by atoms with Crippen molar-refractivity contribution < 1.29 is 13.7 Å². The number of aromatic nitrogens is 2. The highest BCUT2D eigenvalue weighted by atomic mass is 19.1. The Bertz CT molecular complexity index is 551. The molecule has 2 aromatic rings. The summed E-state index contributed by atoms with van der Waals surface area (Å²) in [5, 5.41) is 6.40. The zero-order valence-corrected chi connectivity index (χ0v) is 10.5. The van der Waals surface area contributed by atoms with E-state index >= 15 is 0 Å². The molecule has 19 heavy (non-hydrogen) atoms. The molecular formula is C13H14FN3O2. The summed E-state index contributed by atoms with van der Waals surface area (Å²) in [6, 6.07) is 5.32. The molecule has 1 amide bonds. The Labute approximate surface area is 109 Å². The van der Waals surface area contributed by atoms with Crippen LogP contribution in [0, 0.1) is 5.82 Å². The zero-order chi connectivity index (χ0) is 13.7. The van der Waals surface area contributed by atoms with Crippen molar-refractivity contribution in [3.8, 4) is 0 Å². The van der Waals surface area contributed by atoms with Crippen LogP contribution in [-0.4, -0.2) is 16.0 Å². The van der Waals surface area contributed by atoms with Crippen molar-refractivity contribution in [1.82, 2.24) is 15.5 Å². The number of hydrogen-bond donors (Lipinski definition) is 1. The van der Waals surface area contributed by atoms with E-state index in [1.807, 2.05) is 6.92 Å². The van der Waals surface area contributed by atoms with Crippen LogP contribution in [0.4, 0.5) is 4.39 Å². The van der Waals surface area contributed by atoms with Gasteiger partial charge in [-0.1, -0.05) is 12.1 Å². The molecule has 0 unspecified atom stereocenters. The van der Waals surface area contributed by atoms with Gasteiger partial charge in [-0.15, -0.1) is 0 Å². The summed E-state index contributed by atoms with van der Waals surface area (Å²) in [7, 11) is 0. The number of aryl methyl sites for hydroxylation is 1. The second-order valence-electron chi connectivity index (χ2n) is 4.04. The van der Waals surface area contributed by atoms with E-state index in [2.05, 4.69) is 15.5 Å². The van der Waals surface area contributed by atoms with E-state index in [0.29, 0.717) is 17.3 Å². The lowest BCUT2D eigenvalue weighted by Crippen LogP contribution is -2.23. The van der Waals surface area contributed by atoms with Crippen molar-refractivity contribution in [2.75, 3.05) is 0 Å². The van der Waals surface area contributed by atoms with Gasteiger partial charge in [-0.2, -0.15) is 4.98 Å². The molecule has 100 valence electrons. The van der Waals surface area contributed by atoms with Crippen LogP contribution < -0.4 is 5.32 Å². The Morgan fingerprint density at radius 2 is 2.11 bits per heavy atom. The van der Waals surface area contributed by atoms with E-state index in [9.17, 15) is 9.18 Å². The number of carbonyl (C=O) groups excluding carboxylic acids is 1. The monoisotopic (exact) mass is 263 g/mol. The number of nitrogens with zero attached hydrogens (tertiary/aromatic N) is 2. The molecule has 1 aromatic carbocycles. The van der Waals surface area contributed by atoms with E-state index in [-0.39, 0.29) is 18.3 Å². The minimum Gasteiger partial charge on any atom is -0.345 e. The summed E-state index contributed by atoms with van der Waals surface area (Å²) >= 11 is 0. The maximum absolute atomic E-state index is 12.7. The smallest absolute Gasteiger partial charge is 0.251 e. The lowest BCUT2D eigenvalue weighted by Gasteiger charge is -2.01. The molecule has 0 saturated heterocycles. The molecule has 0 saturated carbocycles. The van der Waals surface area contributed by atoms with E-state index in [1.54, 1.807) is 0 Å². The van der Waals surface area contributed by atoms with Crippen molar-refractivity contribution in [2.45, 2.75) is 26.3 Å². The maximum Gasteiger partial charge on any atom is 0.251 e. The lowest BCUT2D eigenvalue weighted by molar-refractivity contribution is 0.0949. The van der Waals surface area contributed by atoms with Crippen molar-refractivity contribution in [3.63, 3.8) is 0 Å². The van der Waals surface area contributed by atoms with Gasteiger partial charge in [-0.3, -0.25) is 4.79 Å². The average Bonchev–Trinajstić information content (AvgIpc) is 2.85. The molecule has 0 radical (unpaired) electrons. The molecule has 2 rings (SSSR count). The van der Waals surface area contributed by atoms with Crippen LogP contribution in [0.1, 0.15) is 35.4 Å². The number of rotatable bonds is 5. The quantitative estimate of drug-likeness (QED) is 0.896. The molecule has 1 heterocycles. The molecule has 6 heteroatoms. The minimum atomic E-state index is -0.376. The fourth-order valence-electron chi connectivity index (χ4n) is 1.54. The third-order valence-electron chi connectivity index (χ3n) is 2.49. The molecule has 5 nitrogen and oxygen atoms in total. The largest absolute Gasteiger partial charge is 0.345 e. The minimum absolute atomic E-state index is 0.184. The predicted molar refractivity (Wildman–Crippen MR) is 65.9 cm³/mol. The van der Waals surface area contributed by atoms with E-state index in [0.717, 1.165) is 12.8 Å². The SMILES string of the molecule is CCCc1nc(CNC(=O)c2ccc(F)cc2)no1. The van der Waals surface area contributed by atoms with E-state index in [4.69, 9.17) is 4.52 Å². The molecule has 0 spiro atoms. The maximum atomic E-state index is 12.7. The van der Waals surface area contributed by atoms with Crippen LogP contribution in [0.5, 0.6) is 0 Å². The molecule has 0 bridgehead atoms. The molecule has 0 fully saturated rings. The first kappa shape index (κ1) is 13.2. The van der Waals surface area contributed by atoms with Gasteiger partial charge in [0.25, 0.3) is 5.91 Å². The Morgan fingerprint density at radius 3 is 2.79 bits per heavy atom. The van der Waals surface area contributed by atoms with Gasteiger partial charge in [0.1, 0.15) is 5.82 Å². The van der Waals surface area contributed by atoms with Crippen LogP contribution in [0.2, 0.25) is 0 Å². The topological polar surface area (TPSA) is 68.0 Å². The molecule has 0 atom stereocenters. The van der Waals surface area contributed by atoms with Crippen molar-refractivity contribution in [1.29, 1.82) is 0 Å². The Balaban J connectivity index is 1.90. The van der Waals surface area contributed by atoms with Crippen LogP contribution in [0.3, 0.4) is 0 Å². The fraction of sp³-hybridized carbons (Fsp3) is 0.308. The standard InChI is InChI=1S/C13H14FN3O2/c1-2-3-12-16-11(17-19-12)8-15-13(18)9-4-6-10(14)7-5-9/h4-7H,2-3,8H2,1H3,(H,15,18). The second-order valence-corrected chi connectivity index (χ2v) is 4.04. The summed E-state index contributed by atoms with van der Waals surface area (Å²) in [6.07, 6.45) is 1.64. The van der Waals surface area contributed by atoms with E-state index in [1.165, 1.54) is 24.3 Å². The number of carbonyl (C=O) groups is 1. The van der Waals surface area contributed by atoms with Gasteiger partial charge in [0, 0.05) is 12.0 Å². The van der Waals surface area contributed by atoms with Crippen LogP contribution in [-0.2, 0) is 13.0 Å². The summed E-state index contributed by atoms with van der Waals surface area (Å²) in [4.78, 5) is 15.9. The molecule has 1 N–H and O–H groups in total. The van der Waals surface area contributed by atoms with E-state index < -0.39 is 0 Å². The van der Waals surface area contributed by atoms with Gasteiger partial charge in [-0.25, -0.2) is 4.39 Å². The number of nitrogens with one attached hydrogen (secondary N) is 1. The summed E-state index contributed by atoms with van der Waals surface area (Å²) in [5.74, 6) is 0.313. The Morgan fingerprint density at radius 1 is 1.37 bits per heavy atom. The predicted octanol–water partition coefficient (Wildman–Crippen LogP) is 2.09.